The lowest BCUT2D eigenvalue weighted by atomic mass is 10.2. The molecule has 3 nitrogen and oxygen atoms in total. The van der Waals surface area contributed by atoms with Gasteiger partial charge >= 0.3 is 0 Å². The third kappa shape index (κ3) is 2.67. The van der Waals surface area contributed by atoms with Gasteiger partial charge in [0.25, 0.3) is 0 Å². The van der Waals surface area contributed by atoms with Crippen LogP contribution in [0, 0.1) is 5.92 Å². The van der Waals surface area contributed by atoms with Crippen LogP contribution in [-0.2, 0) is 15.9 Å². The van der Waals surface area contributed by atoms with Gasteiger partial charge in [-0.3, -0.25) is 0 Å². The summed E-state index contributed by atoms with van der Waals surface area (Å²) >= 11 is 7.09. The Morgan fingerprint density at radius 1 is 1.59 bits per heavy atom. The Bertz CT molecular complexity index is 493. The summed E-state index contributed by atoms with van der Waals surface area (Å²) < 4.78 is 26.1. The highest BCUT2D eigenvalue weighted by Crippen LogP contribution is 2.36. The Hall–Kier alpha value is -0.100. The first-order chi connectivity index (χ1) is 7.96. The summed E-state index contributed by atoms with van der Waals surface area (Å²) in [5.41, 5.74) is 0. The normalized spacial score (nSPS) is 18.6. The van der Waals surface area contributed by atoms with Crippen molar-refractivity contribution in [3.8, 4) is 0 Å². The largest absolute Gasteiger partial charge is 0.243 e. The SMILES string of the molecule is CC(C1CC1)N(C)S(=O)(=O)c1csc(CCl)c1. The van der Waals surface area contributed by atoms with Crippen molar-refractivity contribution < 1.29 is 8.42 Å². The molecule has 1 aliphatic rings. The predicted octanol–water partition coefficient (Wildman–Crippen LogP) is 2.91. The van der Waals surface area contributed by atoms with Crippen LogP contribution < -0.4 is 0 Å². The molecule has 6 heteroatoms. The second-order valence-corrected chi connectivity index (χ2v) is 7.74. The van der Waals surface area contributed by atoms with E-state index < -0.39 is 10.0 Å². The minimum absolute atomic E-state index is 0.0827. The molecule has 1 aliphatic carbocycles. The Morgan fingerprint density at radius 2 is 2.24 bits per heavy atom. The molecular weight excluding hydrogens is 278 g/mol. The Kier molecular flexibility index (Phi) is 3.83. The molecule has 1 fully saturated rings. The summed E-state index contributed by atoms with van der Waals surface area (Å²) in [7, 11) is -1.68. The van der Waals surface area contributed by atoms with Crippen molar-refractivity contribution in [3.63, 3.8) is 0 Å². The molecule has 0 aromatic carbocycles. The van der Waals surface area contributed by atoms with Crippen molar-refractivity contribution in [1.29, 1.82) is 0 Å². The molecule has 1 unspecified atom stereocenters. The van der Waals surface area contributed by atoms with E-state index in [1.807, 2.05) is 6.92 Å². The Balaban J connectivity index is 2.22. The van der Waals surface area contributed by atoms with E-state index in [-0.39, 0.29) is 6.04 Å². The van der Waals surface area contributed by atoms with Gasteiger partial charge in [0.1, 0.15) is 0 Å². The van der Waals surface area contributed by atoms with Crippen LogP contribution >= 0.6 is 22.9 Å². The molecule has 1 saturated carbocycles. The first-order valence-corrected chi connectivity index (χ1v) is 8.43. The molecule has 17 heavy (non-hydrogen) atoms. The second kappa shape index (κ2) is 4.88. The molecule has 2 rings (SSSR count). The van der Waals surface area contributed by atoms with Gasteiger partial charge in [-0.2, -0.15) is 4.31 Å². The molecule has 0 radical (unpaired) electrons. The molecular formula is C11H16ClNO2S2. The maximum absolute atomic E-state index is 12.3. The van der Waals surface area contributed by atoms with E-state index >= 15 is 0 Å². The monoisotopic (exact) mass is 293 g/mol. The maximum atomic E-state index is 12.3. The first kappa shape index (κ1) is 13.3. The Labute approximate surface area is 111 Å². The topological polar surface area (TPSA) is 37.4 Å². The van der Waals surface area contributed by atoms with Gasteiger partial charge < -0.3 is 0 Å². The standard InChI is InChI=1S/C11H16ClNO2S2/c1-8(9-3-4-9)13(2)17(14,15)11-5-10(6-12)16-7-11/h5,7-9H,3-4,6H2,1-2H3. The molecule has 1 atom stereocenters. The van der Waals surface area contributed by atoms with Crippen molar-refractivity contribution >= 4 is 33.0 Å². The van der Waals surface area contributed by atoms with Gasteiger partial charge in [0.2, 0.25) is 10.0 Å². The summed E-state index contributed by atoms with van der Waals surface area (Å²) in [5.74, 6) is 0.892. The fourth-order valence-electron chi connectivity index (χ4n) is 1.83. The predicted molar refractivity (Wildman–Crippen MR) is 71.0 cm³/mol. The Morgan fingerprint density at radius 3 is 2.71 bits per heavy atom. The number of thiophene rings is 1. The van der Waals surface area contributed by atoms with Gasteiger partial charge in [-0.05, 0) is 31.7 Å². The van der Waals surface area contributed by atoms with E-state index in [0.717, 1.165) is 17.7 Å². The number of alkyl halides is 1. The van der Waals surface area contributed by atoms with E-state index in [0.29, 0.717) is 16.7 Å². The number of hydrogen-bond donors (Lipinski definition) is 0. The van der Waals surface area contributed by atoms with Gasteiger partial charge in [-0.1, -0.05) is 0 Å². The zero-order valence-electron chi connectivity index (χ0n) is 9.89. The molecule has 0 saturated heterocycles. The summed E-state index contributed by atoms with van der Waals surface area (Å²) in [4.78, 5) is 1.26. The number of hydrogen-bond acceptors (Lipinski definition) is 3. The molecule has 96 valence electrons. The molecule has 0 amide bonds. The van der Waals surface area contributed by atoms with Gasteiger partial charge in [-0.25, -0.2) is 8.42 Å². The summed E-state index contributed by atoms with van der Waals surface area (Å²) in [6.45, 7) is 1.98. The highest BCUT2D eigenvalue weighted by atomic mass is 35.5. The average Bonchev–Trinajstić information content (AvgIpc) is 3.04. The number of halogens is 1. The minimum Gasteiger partial charge on any atom is -0.207 e. The van der Waals surface area contributed by atoms with Gasteiger partial charge in [0.15, 0.2) is 0 Å². The lowest BCUT2D eigenvalue weighted by molar-refractivity contribution is 0.357. The second-order valence-electron chi connectivity index (χ2n) is 4.48. The van der Waals surface area contributed by atoms with E-state index in [2.05, 4.69) is 0 Å². The third-order valence-electron chi connectivity index (χ3n) is 3.32. The molecule has 1 aromatic heterocycles. The van der Waals surface area contributed by atoms with Crippen LogP contribution in [0.15, 0.2) is 16.3 Å². The molecule has 0 N–H and O–H groups in total. The lowest BCUT2D eigenvalue weighted by Gasteiger charge is -2.23. The molecule has 0 spiro atoms. The molecule has 0 aliphatic heterocycles. The highest BCUT2D eigenvalue weighted by Gasteiger charge is 2.36. The maximum Gasteiger partial charge on any atom is 0.243 e. The highest BCUT2D eigenvalue weighted by molar-refractivity contribution is 7.89. The summed E-state index contributed by atoms with van der Waals surface area (Å²) in [6.07, 6.45) is 2.27. The molecule has 0 bridgehead atoms. The van der Waals surface area contributed by atoms with E-state index in [1.54, 1.807) is 18.5 Å². The van der Waals surface area contributed by atoms with Crippen LogP contribution in [0.25, 0.3) is 0 Å². The molecule has 1 aromatic rings. The van der Waals surface area contributed by atoms with Gasteiger partial charge in [0.05, 0.1) is 10.8 Å². The third-order valence-corrected chi connectivity index (χ3v) is 6.77. The quantitative estimate of drug-likeness (QED) is 0.783. The van der Waals surface area contributed by atoms with Crippen molar-refractivity contribution in [3.05, 3.63) is 16.3 Å². The van der Waals surface area contributed by atoms with Crippen molar-refractivity contribution in [1.82, 2.24) is 4.31 Å². The van der Waals surface area contributed by atoms with E-state index in [9.17, 15) is 8.42 Å². The van der Waals surface area contributed by atoms with Crippen LogP contribution in [0.1, 0.15) is 24.6 Å². The summed E-state index contributed by atoms with van der Waals surface area (Å²) in [6, 6.07) is 1.75. The van der Waals surface area contributed by atoms with E-state index in [1.165, 1.54) is 15.6 Å². The lowest BCUT2D eigenvalue weighted by Crippen LogP contribution is -2.36. The van der Waals surface area contributed by atoms with Crippen molar-refractivity contribution in [2.24, 2.45) is 5.92 Å². The van der Waals surface area contributed by atoms with Crippen molar-refractivity contribution in [2.75, 3.05) is 7.05 Å². The summed E-state index contributed by atoms with van der Waals surface area (Å²) in [5, 5.41) is 1.67. The van der Waals surface area contributed by atoms with Crippen LogP contribution in [0.2, 0.25) is 0 Å². The smallest absolute Gasteiger partial charge is 0.207 e. The van der Waals surface area contributed by atoms with Crippen LogP contribution in [0.5, 0.6) is 0 Å². The van der Waals surface area contributed by atoms with Crippen LogP contribution in [0.3, 0.4) is 0 Å². The van der Waals surface area contributed by atoms with Gasteiger partial charge in [0, 0.05) is 23.3 Å². The first-order valence-electron chi connectivity index (χ1n) is 5.58. The number of rotatable bonds is 5. The van der Waals surface area contributed by atoms with Crippen LogP contribution in [-0.4, -0.2) is 25.8 Å². The fourth-order valence-corrected chi connectivity index (χ4v) is 4.63. The average molecular weight is 294 g/mol. The minimum atomic E-state index is -3.35. The number of sulfonamides is 1. The van der Waals surface area contributed by atoms with Crippen molar-refractivity contribution in [2.45, 2.75) is 36.6 Å². The zero-order chi connectivity index (χ0) is 12.6. The number of nitrogens with zero attached hydrogens (tertiary/aromatic N) is 1. The zero-order valence-corrected chi connectivity index (χ0v) is 12.3. The fraction of sp³-hybridized carbons (Fsp3) is 0.636. The molecule has 1 heterocycles. The van der Waals surface area contributed by atoms with Crippen LogP contribution in [0.4, 0.5) is 0 Å². The van der Waals surface area contributed by atoms with E-state index in [4.69, 9.17) is 11.6 Å². The van der Waals surface area contributed by atoms with Gasteiger partial charge in [-0.15, -0.1) is 22.9 Å².